The number of nitrogens with one attached hydrogen (secondary N) is 2. The molecule has 2 atom stereocenters. The fourth-order valence-corrected chi connectivity index (χ4v) is 5.76. The third-order valence-corrected chi connectivity index (χ3v) is 8.14. The molecule has 1 saturated heterocycles. The Bertz CT molecular complexity index is 936. The summed E-state index contributed by atoms with van der Waals surface area (Å²) in [7, 11) is 0. The predicted octanol–water partition coefficient (Wildman–Crippen LogP) is 1.51. The summed E-state index contributed by atoms with van der Waals surface area (Å²) >= 11 is 15.0. The third-order valence-electron chi connectivity index (χ3n) is 5.03. The van der Waals surface area contributed by atoms with Crippen LogP contribution in [-0.4, -0.2) is 83.4 Å². The van der Waals surface area contributed by atoms with Crippen molar-refractivity contribution in [2.45, 2.75) is 25.1 Å². The molecule has 3 rings (SSSR count). The van der Waals surface area contributed by atoms with Crippen LogP contribution in [0.1, 0.15) is 12.0 Å². The molecule has 0 saturated carbocycles. The summed E-state index contributed by atoms with van der Waals surface area (Å²) in [5, 5.41) is 6.45. The van der Waals surface area contributed by atoms with Crippen molar-refractivity contribution in [3.8, 4) is 0 Å². The second kappa shape index (κ2) is 13.6. The molecule has 0 aliphatic carbocycles. The summed E-state index contributed by atoms with van der Waals surface area (Å²) in [5.41, 5.74) is 6.09. The fraction of sp³-hybridized carbons (Fsp3) is 0.524. The number of primary amides is 1. The van der Waals surface area contributed by atoms with Crippen molar-refractivity contribution < 1.29 is 19.1 Å². The summed E-state index contributed by atoms with van der Waals surface area (Å²) in [6, 6.07) is 5.46. The number of aliphatic imine (C=N–C) groups is 1. The standard InChI is InChI=1S/C21H27Cl2N5O4S2/c22-16-2-1-13(5-17(16)23)9-28-3-4-32-15(10-28)7-25-20(31)12-34-21-27-14(11-33-21)6-19(30)26-8-18(24)29/h1-2,5,14-15H,3-4,6-12H2,(H2,24,29)(H,25,31)(H,26,30)/t14?,15-/m0/s1. The molecule has 2 heterocycles. The highest BCUT2D eigenvalue weighted by atomic mass is 35.5. The van der Waals surface area contributed by atoms with Gasteiger partial charge in [-0.15, -0.1) is 0 Å². The Labute approximate surface area is 216 Å². The number of hydrogen-bond donors (Lipinski definition) is 3. The monoisotopic (exact) mass is 547 g/mol. The third kappa shape index (κ3) is 9.27. The van der Waals surface area contributed by atoms with Gasteiger partial charge in [-0.05, 0) is 17.7 Å². The molecule has 3 amide bonds. The van der Waals surface area contributed by atoms with Crippen molar-refractivity contribution >= 4 is 68.8 Å². The van der Waals surface area contributed by atoms with Crippen molar-refractivity contribution in [2.24, 2.45) is 10.7 Å². The molecule has 0 spiro atoms. The van der Waals surface area contributed by atoms with Gasteiger partial charge in [-0.1, -0.05) is 52.8 Å². The van der Waals surface area contributed by atoms with E-state index in [0.29, 0.717) is 35.5 Å². The van der Waals surface area contributed by atoms with Crippen LogP contribution in [0, 0.1) is 0 Å². The Morgan fingerprint density at radius 1 is 1.24 bits per heavy atom. The van der Waals surface area contributed by atoms with Crippen LogP contribution in [0.25, 0.3) is 0 Å². The van der Waals surface area contributed by atoms with Crippen LogP contribution in [0.2, 0.25) is 10.0 Å². The molecule has 9 nitrogen and oxygen atoms in total. The van der Waals surface area contributed by atoms with Gasteiger partial charge in [0.1, 0.15) is 4.38 Å². The van der Waals surface area contributed by atoms with Crippen molar-refractivity contribution in [1.82, 2.24) is 15.5 Å². The van der Waals surface area contributed by atoms with Gasteiger partial charge in [-0.3, -0.25) is 24.3 Å². The van der Waals surface area contributed by atoms with Gasteiger partial charge in [0.15, 0.2) is 0 Å². The molecule has 1 fully saturated rings. The Morgan fingerprint density at radius 3 is 2.82 bits per heavy atom. The van der Waals surface area contributed by atoms with Gasteiger partial charge < -0.3 is 21.1 Å². The van der Waals surface area contributed by atoms with Crippen LogP contribution < -0.4 is 16.4 Å². The summed E-state index contributed by atoms with van der Waals surface area (Å²) < 4.78 is 6.58. The van der Waals surface area contributed by atoms with E-state index in [4.69, 9.17) is 33.7 Å². The number of halogens is 2. The lowest BCUT2D eigenvalue weighted by molar-refractivity contribution is -0.124. The van der Waals surface area contributed by atoms with Crippen LogP contribution in [-0.2, 0) is 25.7 Å². The minimum atomic E-state index is -0.585. The molecule has 1 aromatic rings. The van der Waals surface area contributed by atoms with Gasteiger partial charge in [0.2, 0.25) is 17.7 Å². The molecule has 0 aromatic heterocycles. The predicted molar refractivity (Wildman–Crippen MR) is 137 cm³/mol. The number of morpholine rings is 1. The Kier molecular flexibility index (Phi) is 10.8. The molecular weight excluding hydrogens is 521 g/mol. The van der Waals surface area contributed by atoms with Gasteiger partial charge in [0.05, 0.1) is 41.1 Å². The van der Waals surface area contributed by atoms with E-state index in [2.05, 4.69) is 20.5 Å². The largest absolute Gasteiger partial charge is 0.374 e. The van der Waals surface area contributed by atoms with E-state index in [-0.39, 0.29) is 42.7 Å². The number of hydrogen-bond acceptors (Lipinski definition) is 8. The lowest BCUT2D eigenvalue weighted by Crippen LogP contribution is -2.47. The van der Waals surface area contributed by atoms with Crippen LogP contribution in [0.4, 0.5) is 0 Å². The zero-order chi connectivity index (χ0) is 24.5. The maximum atomic E-state index is 12.3. The van der Waals surface area contributed by atoms with Crippen molar-refractivity contribution in [3.63, 3.8) is 0 Å². The molecule has 34 heavy (non-hydrogen) atoms. The van der Waals surface area contributed by atoms with Crippen molar-refractivity contribution in [2.75, 3.05) is 44.3 Å². The Balaban J connectivity index is 1.34. The zero-order valence-electron chi connectivity index (χ0n) is 18.4. The molecule has 1 unspecified atom stereocenters. The molecule has 1 aromatic carbocycles. The lowest BCUT2D eigenvalue weighted by atomic mass is 10.2. The summed E-state index contributed by atoms with van der Waals surface area (Å²) in [5.74, 6) is -0.0401. The first-order valence-corrected chi connectivity index (χ1v) is 13.4. The highest BCUT2D eigenvalue weighted by Gasteiger charge is 2.23. The summed E-state index contributed by atoms with van der Waals surface area (Å²) in [4.78, 5) is 41.5. The van der Waals surface area contributed by atoms with E-state index in [1.807, 2.05) is 12.1 Å². The number of carbonyl (C=O) groups is 3. The smallest absolute Gasteiger partial charge is 0.236 e. The van der Waals surface area contributed by atoms with Crippen molar-refractivity contribution in [1.29, 1.82) is 0 Å². The second-order valence-electron chi connectivity index (χ2n) is 7.88. The number of thioether (sulfide) groups is 2. The van der Waals surface area contributed by atoms with E-state index < -0.39 is 5.91 Å². The molecule has 2 aliphatic heterocycles. The average Bonchev–Trinajstić information content (AvgIpc) is 3.25. The number of nitrogens with zero attached hydrogens (tertiary/aromatic N) is 2. The van der Waals surface area contributed by atoms with E-state index >= 15 is 0 Å². The van der Waals surface area contributed by atoms with Gasteiger partial charge in [0.25, 0.3) is 0 Å². The minimum absolute atomic E-state index is 0.0908. The summed E-state index contributed by atoms with van der Waals surface area (Å²) in [6.07, 6.45) is 0.0980. The van der Waals surface area contributed by atoms with Gasteiger partial charge in [-0.2, -0.15) is 0 Å². The number of amides is 3. The highest BCUT2D eigenvalue weighted by molar-refractivity contribution is 8.39. The fourth-order valence-electron chi connectivity index (χ4n) is 3.40. The minimum Gasteiger partial charge on any atom is -0.374 e. The Morgan fingerprint density at radius 2 is 2.06 bits per heavy atom. The molecule has 186 valence electrons. The van der Waals surface area contributed by atoms with E-state index in [9.17, 15) is 14.4 Å². The number of ether oxygens (including phenoxy) is 1. The SMILES string of the molecule is NC(=O)CNC(=O)CC1CSC(SCC(=O)NC[C@H]2CN(Cc3ccc(Cl)c(Cl)c3)CCO2)=N1. The normalized spacial score (nSPS) is 20.6. The number of benzene rings is 1. The van der Waals surface area contributed by atoms with Gasteiger partial charge >= 0.3 is 0 Å². The average molecular weight is 549 g/mol. The lowest BCUT2D eigenvalue weighted by Gasteiger charge is -2.33. The first-order valence-electron chi connectivity index (χ1n) is 10.7. The van der Waals surface area contributed by atoms with Crippen LogP contribution in [0.15, 0.2) is 23.2 Å². The molecular formula is C21H27Cl2N5O4S2. The second-order valence-corrected chi connectivity index (χ2v) is 10.9. The maximum absolute atomic E-state index is 12.3. The number of rotatable bonds is 10. The quantitative estimate of drug-likeness (QED) is 0.405. The molecule has 2 aliphatic rings. The highest BCUT2D eigenvalue weighted by Crippen LogP contribution is 2.27. The topological polar surface area (TPSA) is 126 Å². The number of nitrogens with two attached hydrogens (primary N) is 1. The zero-order valence-corrected chi connectivity index (χ0v) is 21.6. The van der Waals surface area contributed by atoms with Crippen molar-refractivity contribution in [3.05, 3.63) is 33.8 Å². The van der Waals surface area contributed by atoms with E-state index in [0.717, 1.165) is 23.0 Å². The Hall–Kier alpha value is -1.50. The van der Waals surface area contributed by atoms with Crippen LogP contribution >= 0.6 is 46.7 Å². The van der Waals surface area contributed by atoms with Gasteiger partial charge in [-0.25, -0.2) is 0 Å². The molecule has 4 N–H and O–H groups in total. The van der Waals surface area contributed by atoms with E-state index in [1.54, 1.807) is 6.07 Å². The molecule has 0 radical (unpaired) electrons. The summed E-state index contributed by atoms with van der Waals surface area (Å²) in [6.45, 7) is 3.09. The van der Waals surface area contributed by atoms with E-state index in [1.165, 1.54) is 23.5 Å². The first-order chi connectivity index (χ1) is 16.3. The van der Waals surface area contributed by atoms with Crippen LogP contribution in [0.5, 0.6) is 0 Å². The van der Waals surface area contributed by atoms with Gasteiger partial charge in [0, 0.05) is 38.4 Å². The molecule has 13 heteroatoms. The van der Waals surface area contributed by atoms with Crippen LogP contribution in [0.3, 0.4) is 0 Å². The maximum Gasteiger partial charge on any atom is 0.236 e. The molecule has 0 bridgehead atoms. The first kappa shape index (κ1) is 27.1. The number of carbonyl (C=O) groups excluding carboxylic acids is 3.